The minimum absolute atomic E-state index is 0.0457. The summed E-state index contributed by atoms with van der Waals surface area (Å²) in [6.07, 6.45) is 10.9. The molecule has 1 amide bonds. The molecule has 0 radical (unpaired) electrons. The van der Waals surface area contributed by atoms with Crippen LogP contribution < -0.4 is 0 Å². The molecule has 4 aromatic heterocycles. The van der Waals surface area contributed by atoms with E-state index in [0.717, 1.165) is 0 Å². The first-order valence-corrected chi connectivity index (χ1v) is 10.6. The molecule has 1 aliphatic heterocycles. The van der Waals surface area contributed by atoms with E-state index in [4.69, 9.17) is 0 Å². The highest BCUT2D eigenvalue weighted by Crippen LogP contribution is 2.39. The van der Waals surface area contributed by atoms with Crippen LogP contribution in [0.15, 0.2) is 73.2 Å². The van der Waals surface area contributed by atoms with Crippen LogP contribution in [-0.4, -0.2) is 52.2 Å². The quantitative estimate of drug-likeness (QED) is 0.280. The second-order valence-corrected chi connectivity index (χ2v) is 7.91. The number of aryl methyl sites for hydroxylation is 2. The lowest BCUT2D eigenvalue weighted by Crippen LogP contribution is -2.31. The highest BCUT2D eigenvalue weighted by molar-refractivity contribution is 6.46. The van der Waals surface area contributed by atoms with Gasteiger partial charge in [0.25, 0.3) is 11.7 Å². The number of Topliss-reactive ketones (excluding diaryl/α,β-unsaturated/α-hetero) is 1. The number of amides is 1. The van der Waals surface area contributed by atoms with Crippen LogP contribution in [0.3, 0.4) is 0 Å². The van der Waals surface area contributed by atoms with Crippen molar-refractivity contribution in [1.29, 1.82) is 0 Å². The molecule has 1 atom stereocenters. The highest BCUT2D eigenvalue weighted by Gasteiger charge is 2.46. The van der Waals surface area contributed by atoms with E-state index in [-0.39, 0.29) is 11.3 Å². The number of hydrogen-bond donors (Lipinski definition) is 1. The number of carbonyl (C=O) groups excluding carboxylic acids is 2. The Labute approximate surface area is 189 Å². The van der Waals surface area contributed by atoms with Crippen molar-refractivity contribution >= 4 is 23.1 Å². The highest BCUT2D eigenvalue weighted by atomic mass is 16.3. The number of nitrogens with zero attached hydrogens (tertiary/aromatic N) is 6. The predicted molar refractivity (Wildman–Crippen MR) is 120 cm³/mol. The van der Waals surface area contributed by atoms with Gasteiger partial charge in [-0.1, -0.05) is 12.1 Å². The Morgan fingerprint density at radius 2 is 1.94 bits per heavy atom. The van der Waals surface area contributed by atoms with Crippen LogP contribution >= 0.6 is 0 Å². The standard InChI is InChI=1S/C24H22N6O3/c1-16-20(29-11-3-2-7-18(29)27-16)22(31)19-21(17-6-4-8-25-14-17)30(24(33)23(19)32)12-5-10-28-13-9-26-15-28/h2-4,6-9,11,13-15,21,31H,5,10,12H2,1H3. The number of carbonyl (C=O) groups is 2. The Morgan fingerprint density at radius 3 is 2.70 bits per heavy atom. The summed E-state index contributed by atoms with van der Waals surface area (Å²) in [4.78, 5) is 40.5. The predicted octanol–water partition coefficient (Wildman–Crippen LogP) is 2.75. The molecule has 4 aromatic rings. The first kappa shape index (κ1) is 20.6. The van der Waals surface area contributed by atoms with Crippen molar-refractivity contribution in [3.63, 3.8) is 0 Å². The van der Waals surface area contributed by atoms with Crippen LogP contribution in [0.25, 0.3) is 11.4 Å². The smallest absolute Gasteiger partial charge is 0.295 e. The normalized spacial score (nSPS) is 17.8. The third-order valence-corrected chi connectivity index (χ3v) is 5.84. The van der Waals surface area contributed by atoms with E-state index >= 15 is 0 Å². The lowest BCUT2D eigenvalue weighted by atomic mass is 9.97. The van der Waals surface area contributed by atoms with Gasteiger partial charge in [-0.3, -0.25) is 19.0 Å². The lowest BCUT2D eigenvalue weighted by Gasteiger charge is -2.25. The average Bonchev–Trinajstić information content (AvgIpc) is 3.52. The molecule has 1 saturated heterocycles. The third kappa shape index (κ3) is 3.57. The summed E-state index contributed by atoms with van der Waals surface area (Å²) in [5, 5.41) is 11.4. The van der Waals surface area contributed by atoms with Crippen molar-refractivity contribution in [2.75, 3.05) is 6.54 Å². The molecule has 1 aliphatic rings. The lowest BCUT2D eigenvalue weighted by molar-refractivity contribution is -0.139. The van der Waals surface area contributed by atoms with E-state index in [1.807, 2.05) is 29.0 Å². The van der Waals surface area contributed by atoms with Crippen LogP contribution in [0.4, 0.5) is 0 Å². The minimum Gasteiger partial charge on any atom is -0.505 e. The van der Waals surface area contributed by atoms with Gasteiger partial charge in [0.2, 0.25) is 0 Å². The van der Waals surface area contributed by atoms with Crippen molar-refractivity contribution in [1.82, 2.24) is 28.8 Å². The Bertz CT molecular complexity index is 1360. The van der Waals surface area contributed by atoms with Gasteiger partial charge in [-0.2, -0.15) is 0 Å². The summed E-state index contributed by atoms with van der Waals surface area (Å²) in [7, 11) is 0. The number of ketones is 1. The van der Waals surface area contributed by atoms with Gasteiger partial charge in [0.1, 0.15) is 11.3 Å². The molecule has 0 aromatic carbocycles. The van der Waals surface area contributed by atoms with E-state index in [1.54, 1.807) is 54.6 Å². The number of fused-ring (bicyclic) bond motifs is 1. The molecule has 0 spiro atoms. The second kappa shape index (κ2) is 8.34. The SMILES string of the molecule is Cc1nc2ccccn2c1C(O)=C1C(=O)C(=O)N(CCCn2ccnc2)C1c1cccnc1. The fourth-order valence-electron chi connectivity index (χ4n) is 4.36. The van der Waals surface area contributed by atoms with Crippen LogP contribution in [0, 0.1) is 6.92 Å². The van der Waals surface area contributed by atoms with Gasteiger partial charge in [-0.25, -0.2) is 9.97 Å². The molecular formula is C24H22N6O3. The first-order chi connectivity index (χ1) is 16.1. The summed E-state index contributed by atoms with van der Waals surface area (Å²) in [5.41, 5.74) is 2.31. The van der Waals surface area contributed by atoms with E-state index in [2.05, 4.69) is 15.0 Å². The zero-order chi connectivity index (χ0) is 22.9. The molecule has 1 unspecified atom stereocenters. The number of likely N-dealkylation sites (tertiary alicyclic amines) is 1. The molecule has 0 bridgehead atoms. The maximum absolute atomic E-state index is 13.2. The fraction of sp³-hybridized carbons (Fsp3) is 0.208. The molecular weight excluding hydrogens is 420 g/mol. The third-order valence-electron chi connectivity index (χ3n) is 5.84. The van der Waals surface area contributed by atoms with Gasteiger partial charge in [-0.15, -0.1) is 0 Å². The van der Waals surface area contributed by atoms with Crippen LogP contribution in [0.1, 0.15) is 29.4 Å². The maximum Gasteiger partial charge on any atom is 0.295 e. The summed E-state index contributed by atoms with van der Waals surface area (Å²) >= 11 is 0. The number of rotatable bonds is 6. The van der Waals surface area contributed by atoms with Crippen molar-refractivity contribution < 1.29 is 14.7 Å². The molecule has 166 valence electrons. The molecule has 9 nitrogen and oxygen atoms in total. The van der Waals surface area contributed by atoms with Gasteiger partial charge in [0, 0.05) is 44.1 Å². The fourth-order valence-corrected chi connectivity index (χ4v) is 4.36. The van der Waals surface area contributed by atoms with Crippen LogP contribution in [0.5, 0.6) is 0 Å². The van der Waals surface area contributed by atoms with Crippen molar-refractivity contribution in [3.8, 4) is 0 Å². The Morgan fingerprint density at radius 1 is 1.06 bits per heavy atom. The summed E-state index contributed by atoms with van der Waals surface area (Å²) in [5.74, 6) is -1.59. The largest absolute Gasteiger partial charge is 0.505 e. The van der Waals surface area contributed by atoms with Crippen LogP contribution in [0.2, 0.25) is 0 Å². The Balaban J connectivity index is 1.59. The van der Waals surface area contributed by atoms with E-state index in [0.29, 0.717) is 42.1 Å². The zero-order valence-electron chi connectivity index (χ0n) is 18.0. The number of aliphatic hydroxyl groups excluding tert-OH is 1. The number of aromatic nitrogens is 5. The van der Waals surface area contributed by atoms with Crippen molar-refractivity contribution in [3.05, 3.63) is 90.2 Å². The Kier molecular flexibility index (Phi) is 5.21. The number of aliphatic hydroxyl groups is 1. The van der Waals surface area contributed by atoms with Gasteiger partial charge in [-0.05, 0) is 37.1 Å². The molecule has 0 saturated carbocycles. The molecule has 5 rings (SSSR count). The number of imidazole rings is 2. The average molecular weight is 442 g/mol. The van der Waals surface area contributed by atoms with Gasteiger partial charge in [0.05, 0.1) is 23.6 Å². The molecule has 9 heteroatoms. The molecule has 33 heavy (non-hydrogen) atoms. The maximum atomic E-state index is 13.2. The van der Waals surface area contributed by atoms with Gasteiger partial charge < -0.3 is 14.6 Å². The van der Waals surface area contributed by atoms with Gasteiger partial charge >= 0.3 is 0 Å². The second-order valence-electron chi connectivity index (χ2n) is 7.91. The summed E-state index contributed by atoms with van der Waals surface area (Å²) in [6, 6.07) is 8.30. The molecule has 5 heterocycles. The molecule has 1 fully saturated rings. The molecule has 0 aliphatic carbocycles. The zero-order valence-corrected chi connectivity index (χ0v) is 18.0. The van der Waals surface area contributed by atoms with E-state index < -0.39 is 17.7 Å². The number of pyridine rings is 2. The Hall–Kier alpha value is -4.27. The minimum atomic E-state index is -0.741. The monoisotopic (exact) mass is 442 g/mol. The summed E-state index contributed by atoms with van der Waals surface area (Å²) in [6.45, 7) is 2.75. The topological polar surface area (TPSA) is 106 Å². The first-order valence-electron chi connectivity index (χ1n) is 10.6. The van der Waals surface area contributed by atoms with Crippen molar-refractivity contribution in [2.45, 2.75) is 25.9 Å². The molecule has 1 N–H and O–H groups in total. The van der Waals surface area contributed by atoms with Crippen molar-refractivity contribution in [2.24, 2.45) is 0 Å². The van der Waals surface area contributed by atoms with E-state index in [9.17, 15) is 14.7 Å². The van der Waals surface area contributed by atoms with E-state index in [1.165, 1.54) is 4.90 Å². The summed E-state index contributed by atoms with van der Waals surface area (Å²) < 4.78 is 3.63. The van der Waals surface area contributed by atoms with Gasteiger partial charge in [0.15, 0.2) is 5.76 Å². The number of hydrogen-bond acceptors (Lipinski definition) is 6. The van der Waals surface area contributed by atoms with Crippen LogP contribution in [-0.2, 0) is 16.1 Å².